The average Bonchev–Trinajstić information content (AvgIpc) is 3.36. The molecular formula is C37H33NO6. The fraction of sp³-hybridized carbons (Fsp3) is 0.216. The summed E-state index contributed by atoms with van der Waals surface area (Å²) >= 11 is 0. The molecule has 5 aromatic rings. The number of benzene rings is 5. The summed E-state index contributed by atoms with van der Waals surface area (Å²) in [4.78, 5) is 41.2. The summed E-state index contributed by atoms with van der Waals surface area (Å²) in [5.41, 5.74) is -0.496. The van der Waals surface area contributed by atoms with Crippen molar-refractivity contribution in [1.29, 1.82) is 0 Å². The van der Waals surface area contributed by atoms with Crippen LogP contribution in [0.2, 0.25) is 0 Å². The quantitative estimate of drug-likeness (QED) is 0.0722. The third-order valence-electron chi connectivity index (χ3n) is 8.35. The SMILES string of the molecule is C=C1C(C(=O)OCc2c3ccccc3cc3ccccc23)C(c2ccc3ccccc3c2)NC1(C(=O)OCC)C(=O)OCC. The zero-order valence-corrected chi connectivity index (χ0v) is 24.7. The van der Waals surface area contributed by atoms with Crippen LogP contribution in [0.5, 0.6) is 0 Å². The van der Waals surface area contributed by atoms with Crippen LogP contribution in [0.15, 0.2) is 109 Å². The highest BCUT2D eigenvalue weighted by molar-refractivity contribution is 6.11. The molecule has 5 aromatic carbocycles. The molecule has 1 N–H and O–H groups in total. The molecule has 1 fully saturated rings. The summed E-state index contributed by atoms with van der Waals surface area (Å²) in [7, 11) is 0. The highest BCUT2D eigenvalue weighted by Gasteiger charge is 2.63. The second kappa shape index (κ2) is 11.9. The molecule has 0 saturated carbocycles. The van der Waals surface area contributed by atoms with Gasteiger partial charge in [0.25, 0.3) is 0 Å². The van der Waals surface area contributed by atoms with Crippen LogP contribution in [0.4, 0.5) is 0 Å². The number of carbonyl (C=O) groups excluding carboxylic acids is 3. The molecule has 1 aliphatic heterocycles. The molecule has 6 rings (SSSR count). The molecule has 0 spiro atoms. The lowest BCUT2D eigenvalue weighted by atomic mass is 9.84. The highest BCUT2D eigenvalue weighted by atomic mass is 16.6. The van der Waals surface area contributed by atoms with Gasteiger partial charge < -0.3 is 14.2 Å². The topological polar surface area (TPSA) is 90.9 Å². The minimum atomic E-state index is -2.09. The van der Waals surface area contributed by atoms with Crippen LogP contribution in [0, 0.1) is 5.92 Å². The lowest BCUT2D eigenvalue weighted by Gasteiger charge is -2.26. The van der Waals surface area contributed by atoms with Gasteiger partial charge in [0.05, 0.1) is 19.3 Å². The molecule has 0 aliphatic carbocycles. The van der Waals surface area contributed by atoms with Gasteiger partial charge >= 0.3 is 17.9 Å². The van der Waals surface area contributed by atoms with E-state index in [1.165, 1.54) is 0 Å². The maximum atomic E-state index is 14.2. The number of nitrogens with one attached hydrogen (secondary N) is 1. The van der Waals surface area contributed by atoms with Crippen LogP contribution in [-0.4, -0.2) is 36.7 Å². The summed E-state index contributed by atoms with van der Waals surface area (Å²) < 4.78 is 16.8. The molecule has 2 atom stereocenters. The lowest BCUT2D eigenvalue weighted by molar-refractivity contribution is -0.163. The predicted molar refractivity (Wildman–Crippen MR) is 170 cm³/mol. The second-order valence-electron chi connectivity index (χ2n) is 10.8. The maximum absolute atomic E-state index is 14.2. The van der Waals surface area contributed by atoms with E-state index >= 15 is 0 Å². The highest BCUT2D eigenvalue weighted by Crippen LogP contribution is 2.45. The smallest absolute Gasteiger partial charge is 0.342 e. The Morgan fingerprint density at radius 2 is 1.25 bits per heavy atom. The Morgan fingerprint density at radius 1 is 0.705 bits per heavy atom. The van der Waals surface area contributed by atoms with Crippen molar-refractivity contribution < 1.29 is 28.6 Å². The average molecular weight is 588 g/mol. The molecule has 2 unspecified atom stereocenters. The van der Waals surface area contributed by atoms with Gasteiger partial charge in [0.2, 0.25) is 5.54 Å². The van der Waals surface area contributed by atoms with Crippen molar-refractivity contribution in [3.63, 3.8) is 0 Å². The van der Waals surface area contributed by atoms with Crippen molar-refractivity contribution in [2.75, 3.05) is 13.2 Å². The Kier molecular flexibility index (Phi) is 7.89. The Bertz CT molecular complexity index is 1860. The molecule has 7 nitrogen and oxygen atoms in total. The number of rotatable bonds is 8. The largest absolute Gasteiger partial charge is 0.464 e. The minimum absolute atomic E-state index is 0.0132. The first-order valence-corrected chi connectivity index (χ1v) is 14.7. The van der Waals surface area contributed by atoms with Crippen molar-refractivity contribution in [1.82, 2.24) is 5.32 Å². The molecule has 222 valence electrons. The van der Waals surface area contributed by atoms with Crippen molar-refractivity contribution in [2.45, 2.75) is 32.0 Å². The van der Waals surface area contributed by atoms with E-state index in [1.54, 1.807) is 13.8 Å². The Morgan fingerprint density at radius 3 is 1.84 bits per heavy atom. The monoisotopic (exact) mass is 587 g/mol. The van der Waals surface area contributed by atoms with Crippen LogP contribution in [0.1, 0.15) is 31.0 Å². The molecule has 44 heavy (non-hydrogen) atoms. The van der Waals surface area contributed by atoms with Crippen molar-refractivity contribution in [3.8, 4) is 0 Å². The van der Waals surface area contributed by atoms with Gasteiger partial charge in [-0.1, -0.05) is 91.5 Å². The molecule has 0 bridgehead atoms. The third-order valence-corrected chi connectivity index (χ3v) is 8.35. The van der Waals surface area contributed by atoms with Gasteiger partial charge in [-0.3, -0.25) is 10.1 Å². The maximum Gasteiger partial charge on any atom is 0.342 e. The van der Waals surface area contributed by atoms with Crippen LogP contribution < -0.4 is 5.32 Å². The van der Waals surface area contributed by atoms with E-state index in [4.69, 9.17) is 14.2 Å². The molecule has 1 aliphatic rings. The van der Waals surface area contributed by atoms with Crippen LogP contribution >= 0.6 is 0 Å². The van der Waals surface area contributed by atoms with Crippen molar-refractivity contribution in [2.24, 2.45) is 5.92 Å². The van der Waals surface area contributed by atoms with E-state index in [2.05, 4.69) is 18.0 Å². The molecule has 0 radical (unpaired) electrons. The van der Waals surface area contributed by atoms with E-state index in [0.717, 1.165) is 37.9 Å². The summed E-state index contributed by atoms with van der Waals surface area (Å²) in [6.07, 6.45) is 0. The van der Waals surface area contributed by atoms with Gasteiger partial charge in [-0.15, -0.1) is 0 Å². The van der Waals surface area contributed by atoms with E-state index in [9.17, 15) is 14.4 Å². The van der Waals surface area contributed by atoms with E-state index in [-0.39, 0.29) is 25.4 Å². The number of ether oxygens (including phenoxy) is 3. The summed E-state index contributed by atoms with van der Waals surface area (Å²) in [5.74, 6) is -3.45. The van der Waals surface area contributed by atoms with E-state index in [0.29, 0.717) is 5.56 Å². The van der Waals surface area contributed by atoms with Crippen molar-refractivity contribution >= 4 is 50.2 Å². The van der Waals surface area contributed by atoms with E-state index < -0.39 is 35.4 Å². The number of hydrogen-bond donors (Lipinski definition) is 1. The fourth-order valence-corrected chi connectivity index (χ4v) is 6.24. The molecule has 0 aromatic heterocycles. The Hall–Kier alpha value is -5.01. The van der Waals surface area contributed by atoms with Gasteiger partial charge in [-0.25, -0.2) is 9.59 Å². The normalized spacial score (nSPS) is 17.5. The lowest BCUT2D eigenvalue weighted by Crippen LogP contribution is -2.57. The van der Waals surface area contributed by atoms with Crippen molar-refractivity contribution in [3.05, 3.63) is 120 Å². The summed E-state index contributed by atoms with van der Waals surface area (Å²) in [6, 6.07) is 30.8. The van der Waals surface area contributed by atoms with Crippen LogP contribution in [0.25, 0.3) is 32.3 Å². The molecule has 1 heterocycles. The molecule has 7 heteroatoms. The standard InChI is InChI=1S/C37H33NO6/c1-4-42-35(40)37(36(41)43-5-2)23(3)32(33(38-37)28-19-18-24-12-6-7-13-25(24)20-28)34(39)44-22-31-29-16-10-8-14-26(29)21-27-15-9-11-17-30(27)31/h6-21,32-33,38H,3-5,22H2,1-2H3. The number of fused-ring (bicyclic) bond motifs is 3. The first-order valence-electron chi connectivity index (χ1n) is 14.7. The van der Waals surface area contributed by atoms with Crippen LogP contribution in [-0.2, 0) is 35.2 Å². The molecule has 0 amide bonds. The van der Waals surface area contributed by atoms with Crippen LogP contribution in [0.3, 0.4) is 0 Å². The second-order valence-corrected chi connectivity index (χ2v) is 10.8. The molecular weight excluding hydrogens is 554 g/mol. The zero-order chi connectivity index (χ0) is 30.8. The predicted octanol–water partition coefficient (Wildman–Crippen LogP) is 6.57. The summed E-state index contributed by atoms with van der Waals surface area (Å²) in [6.45, 7) is 7.48. The molecule has 1 saturated heterocycles. The number of carbonyl (C=O) groups is 3. The van der Waals surface area contributed by atoms with Gasteiger partial charge in [0.1, 0.15) is 12.5 Å². The van der Waals surface area contributed by atoms with Gasteiger partial charge in [-0.2, -0.15) is 0 Å². The first kappa shape index (κ1) is 29.1. The van der Waals surface area contributed by atoms with Gasteiger partial charge in [0.15, 0.2) is 0 Å². The first-order chi connectivity index (χ1) is 21.4. The minimum Gasteiger partial charge on any atom is -0.464 e. The third kappa shape index (κ3) is 4.89. The van der Waals surface area contributed by atoms with E-state index in [1.807, 2.05) is 91.0 Å². The summed E-state index contributed by atoms with van der Waals surface area (Å²) in [5, 5.41) is 9.10. The number of hydrogen-bond acceptors (Lipinski definition) is 7. The zero-order valence-electron chi connectivity index (χ0n) is 24.7. The number of esters is 3. The fourth-order valence-electron chi connectivity index (χ4n) is 6.24. The Labute approximate surface area is 255 Å². The van der Waals surface area contributed by atoms with Gasteiger partial charge in [0, 0.05) is 5.56 Å². The van der Waals surface area contributed by atoms with Gasteiger partial charge in [-0.05, 0) is 69.4 Å². The Balaban J connectivity index is 1.42.